The smallest absolute Gasteiger partial charge is 0.407 e. The number of benzene rings is 2. The van der Waals surface area contributed by atoms with E-state index in [9.17, 15) is 19.2 Å². The molecule has 0 saturated carbocycles. The van der Waals surface area contributed by atoms with Gasteiger partial charge >= 0.3 is 12.2 Å². The maximum atomic E-state index is 12.8. The molecule has 0 aliphatic heterocycles. The molecule has 6 N–H and O–H groups in total. The Hall–Kier alpha value is -6.58. The van der Waals surface area contributed by atoms with Crippen LogP contribution in [0, 0.1) is 0 Å². The van der Waals surface area contributed by atoms with Gasteiger partial charge in [0.1, 0.15) is 24.7 Å². The molecule has 0 aliphatic carbocycles. The number of carbonyl (C=O) groups excluding carboxylic acids is 4. The van der Waals surface area contributed by atoms with Crippen LogP contribution in [0.3, 0.4) is 0 Å². The van der Waals surface area contributed by atoms with Crippen LogP contribution in [0.2, 0.25) is 0 Å². The lowest BCUT2D eigenvalue weighted by molar-refractivity contribution is -0.131. The molecule has 16 nitrogen and oxygen atoms in total. The summed E-state index contributed by atoms with van der Waals surface area (Å²) in [4.78, 5) is 74.7. The molecule has 6 rings (SSSR count). The van der Waals surface area contributed by atoms with Crippen molar-refractivity contribution < 1.29 is 28.7 Å². The zero-order valence-electron chi connectivity index (χ0n) is 30.7. The van der Waals surface area contributed by atoms with Crippen molar-refractivity contribution in [2.45, 2.75) is 39.8 Å². The third-order valence-electron chi connectivity index (χ3n) is 9.09. The number of ether oxygens (including phenoxy) is 2. The van der Waals surface area contributed by atoms with Gasteiger partial charge in [0.05, 0.1) is 62.1 Å². The minimum atomic E-state index is -0.659. The molecule has 0 aliphatic rings. The Morgan fingerprint density at radius 1 is 0.630 bits per heavy atom. The van der Waals surface area contributed by atoms with Gasteiger partial charge in [0.25, 0.3) is 0 Å². The van der Waals surface area contributed by atoms with Gasteiger partial charge in [0, 0.05) is 47.4 Å². The van der Waals surface area contributed by atoms with Crippen LogP contribution in [-0.4, -0.2) is 104 Å². The second-order valence-corrected chi connectivity index (χ2v) is 12.7. The van der Waals surface area contributed by atoms with Crippen molar-refractivity contribution in [3.8, 4) is 33.6 Å². The first kappa shape index (κ1) is 37.2. The van der Waals surface area contributed by atoms with Gasteiger partial charge in [0.2, 0.25) is 11.8 Å². The Labute approximate surface area is 311 Å². The molecule has 0 spiro atoms. The lowest BCUT2D eigenvalue weighted by Gasteiger charge is -2.21. The molecule has 0 fully saturated rings. The maximum absolute atomic E-state index is 12.8. The van der Waals surface area contributed by atoms with Gasteiger partial charge in [-0.05, 0) is 36.1 Å². The number of fused-ring (bicyclic) bond motifs is 2. The molecule has 0 radical (unpaired) electrons. The third-order valence-corrected chi connectivity index (χ3v) is 9.09. The minimum Gasteiger partial charge on any atom is -0.453 e. The van der Waals surface area contributed by atoms with Crippen LogP contribution >= 0.6 is 0 Å². The number of rotatable bonds is 15. The topological polar surface area (TPSA) is 206 Å². The number of carbonyl (C=O) groups is 4. The molecule has 6 aromatic rings. The molecule has 16 heteroatoms. The van der Waals surface area contributed by atoms with E-state index in [1.54, 1.807) is 22.2 Å². The molecular formula is C38H44N10O6. The van der Waals surface area contributed by atoms with E-state index in [1.807, 2.05) is 26.2 Å². The largest absolute Gasteiger partial charge is 0.453 e. The lowest BCUT2D eigenvalue weighted by atomic mass is 9.94. The fourth-order valence-corrected chi connectivity index (χ4v) is 6.54. The maximum Gasteiger partial charge on any atom is 0.407 e. The number of aromatic nitrogens is 6. The molecule has 2 aromatic carbocycles. The van der Waals surface area contributed by atoms with Crippen molar-refractivity contribution in [2.24, 2.45) is 0 Å². The summed E-state index contributed by atoms with van der Waals surface area (Å²) in [7, 11) is 2.51. The number of hydrogen-bond donors (Lipinski definition) is 6. The van der Waals surface area contributed by atoms with Crippen molar-refractivity contribution in [3.05, 3.63) is 72.8 Å². The average molecular weight is 737 g/mol. The van der Waals surface area contributed by atoms with E-state index in [-0.39, 0.29) is 38.0 Å². The summed E-state index contributed by atoms with van der Waals surface area (Å²) in [6.07, 6.45) is 7.54. The van der Waals surface area contributed by atoms with Gasteiger partial charge in [-0.25, -0.2) is 19.6 Å². The van der Waals surface area contributed by atoms with Crippen LogP contribution in [0.1, 0.15) is 38.3 Å². The van der Waals surface area contributed by atoms with Crippen molar-refractivity contribution in [1.29, 1.82) is 0 Å². The summed E-state index contributed by atoms with van der Waals surface area (Å²) >= 11 is 0. The lowest BCUT2D eigenvalue weighted by Crippen LogP contribution is -2.40. The van der Waals surface area contributed by atoms with Gasteiger partial charge in [-0.3, -0.25) is 9.59 Å². The number of H-pyrrole nitrogens is 4. The SMILES string of the molecule is CCCN(Cc1ncc(-c2ccc(-c3ccc(-c4cnc(CN(CCC)C(=O)CNC(=O)OC)[nH]4)c4[nH]ccc34)c3cc[nH]c23)[nH]1)C(=O)CNC(=O)OC. The zero-order valence-corrected chi connectivity index (χ0v) is 30.7. The number of hydrogen-bond acceptors (Lipinski definition) is 8. The summed E-state index contributed by atoms with van der Waals surface area (Å²) < 4.78 is 9.17. The Balaban J connectivity index is 1.23. The van der Waals surface area contributed by atoms with E-state index in [2.05, 4.69) is 86.4 Å². The zero-order chi connectivity index (χ0) is 38.2. The van der Waals surface area contributed by atoms with Gasteiger partial charge in [-0.15, -0.1) is 0 Å². The van der Waals surface area contributed by atoms with Crippen molar-refractivity contribution in [3.63, 3.8) is 0 Å². The number of nitrogens with one attached hydrogen (secondary N) is 6. The number of imidazole rings is 2. The highest BCUT2D eigenvalue weighted by Gasteiger charge is 2.20. The summed E-state index contributed by atoms with van der Waals surface area (Å²) in [6.45, 7) is 5.19. The van der Waals surface area contributed by atoms with Crippen LogP contribution < -0.4 is 10.6 Å². The molecule has 0 bridgehead atoms. The van der Waals surface area contributed by atoms with E-state index >= 15 is 0 Å². The van der Waals surface area contributed by atoms with Crippen LogP contribution in [0.5, 0.6) is 0 Å². The predicted molar refractivity (Wildman–Crippen MR) is 203 cm³/mol. The van der Waals surface area contributed by atoms with E-state index in [0.29, 0.717) is 24.7 Å². The number of amides is 4. The van der Waals surface area contributed by atoms with Crippen LogP contribution in [0.4, 0.5) is 9.59 Å². The molecule has 0 unspecified atom stereocenters. The highest BCUT2D eigenvalue weighted by Crippen LogP contribution is 2.39. The molecule has 0 saturated heterocycles. The number of aromatic amines is 4. The van der Waals surface area contributed by atoms with Gasteiger partial charge < -0.3 is 49.8 Å². The van der Waals surface area contributed by atoms with Gasteiger partial charge in [-0.1, -0.05) is 38.1 Å². The highest BCUT2D eigenvalue weighted by molar-refractivity contribution is 6.10. The van der Waals surface area contributed by atoms with Gasteiger partial charge in [-0.2, -0.15) is 0 Å². The second-order valence-electron chi connectivity index (χ2n) is 12.7. The number of methoxy groups -OCH3 is 2. The van der Waals surface area contributed by atoms with Crippen molar-refractivity contribution in [1.82, 2.24) is 50.3 Å². The Morgan fingerprint density at radius 2 is 1.04 bits per heavy atom. The van der Waals surface area contributed by atoms with Crippen LogP contribution in [0.25, 0.3) is 55.4 Å². The fourth-order valence-electron chi connectivity index (χ4n) is 6.54. The molecule has 4 heterocycles. The monoisotopic (exact) mass is 736 g/mol. The first-order valence-corrected chi connectivity index (χ1v) is 17.7. The fraction of sp³-hybridized carbons (Fsp3) is 0.316. The Kier molecular flexibility index (Phi) is 11.6. The molecule has 4 amide bonds. The molecule has 282 valence electrons. The standard InChI is InChI=1S/C38H44N10O6/c1-5-15-47(33(49)19-43-37(51)53-3)21-31-41-17-29(45-31)27-9-7-23(25-11-13-39-35(25)27)24-8-10-28(36-26(24)12-14-40-36)30-18-42-32(46-30)22-48(16-6-2)34(50)20-44-38(52)54-4/h7-14,17-18,39-40H,5-6,15-16,19-22H2,1-4H3,(H,41,45)(H,42,46)(H,43,51)(H,44,52). The van der Waals surface area contributed by atoms with E-state index < -0.39 is 12.2 Å². The van der Waals surface area contributed by atoms with Crippen LogP contribution in [0.15, 0.2) is 61.2 Å². The van der Waals surface area contributed by atoms with Gasteiger partial charge in [0.15, 0.2) is 0 Å². The average Bonchev–Trinajstić information content (AvgIpc) is 4.02. The quantitative estimate of drug-likeness (QED) is 0.0816. The van der Waals surface area contributed by atoms with Crippen LogP contribution in [-0.2, 0) is 32.2 Å². The number of nitrogens with zero attached hydrogens (tertiary/aromatic N) is 4. The van der Waals surface area contributed by atoms with E-state index in [1.165, 1.54) is 14.2 Å². The first-order valence-electron chi connectivity index (χ1n) is 17.7. The summed E-state index contributed by atoms with van der Waals surface area (Å²) in [5.74, 6) is 0.785. The number of alkyl carbamates (subject to hydrolysis) is 2. The van der Waals surface area contributed by atoms with Crippen molar-refractivity contribution >= 4 is 45.8 Å². The Bertz CT molecular complexity index is 2110. The molecule has 4 aromatic heterocycles. The first-order chi connectivity index (χ1) is 26.2. The molecular weight excluding hydrogens is 692 g/mol. The minimum absolute atomic E-state index is 0.165. The molecule has 0 atom stereocenters. The molecule has 54 heavy (non-hydrogen) atoms. The summed E-state index contributed by atoms with van der Waals surface area (Å²) in [5.41, 5.74) is 7.43. The summed E-state index contributed by atoms with van der Waals surface area (Å²) in [6, 6.07) is 12.4. The second kappa shape index (κ2) is 16.8. The third kappa shape index (κ3) is 8.06. The normalized spacial score (nSPS) is 11.1. The predicted octanol–water partition coefficient (Wildman–Crippen LogP) is 5.29. The van der Waals surface area contributed by atoms with E-state index in [0.717, 1.165) is 68.3 Å². The van der Waals surface area contributed by atoms with E-state index in [4.69, 9.17) is 0 Å². The van der Waals surface area contributed by atoms with Crippen molar-refractivity contribution in [2.75, 3.05) is 40.4 Å². The summed E-state index contributed by atoms with van der Waals surface area (Å²) in [5, 5.41) is 6.96. The Morgan fingerprint density at radius 3 is 1.43 bits per heavy atom. The highest BCUT2D eigenvalue weighted by atomic mass is 16.5.